The summed E-state index contributed by atoms with van der Waals surface area (Å²) in [6.45, 7) is 9.84. The van der Waals surface area contributed by atoms with Crippen LogP contribution < -0.4 is 9.64 Å². The minimum Gasteiger partial charge on any atom is -0.474 e. The Hall–Kier alpha value is -3.42. The number of hydrogen-bond donors (Lipinski definition) is 1. The maximum Gasteiger partial charge on any atom is 0.318 e. The third-order valence-electron chi connectivity index (χ3n) is 4.74. The Kier molecular flexibility index (Phi) is 5.65. The molecule has 0 saturated carbocycles. The Bertz CT molecular complexity index is 1130. The van der Waals surface area contributed by atoms with Gasteiger partial charge in [0.05, 0.1) is 29.8 Å². The van der Waals surface area contributed by atoms with Crippen LogP contribution in [0, 0.1) is 0 Å². The Labute approximate surface area is 175 Å². The number of aromatic amines is 1. The van der Waals surface area contributed by atoms with Crippen molar-refractivity contribution in [2.45, 2.75) is 40.2 Å². The van der Waals surface area contributed by atoms with Crippen molar-refractivity contribution < 1.29 is 9.15 Å². The predicted octanol–water partition coefficient (Wildman–Crippen LogP) is 4.70. The zero-order valence-corrected chi connectivity index (χ0v) is 17.7. The average molecular weight is 406 g/mol. The first kappa shape index (κ1) is 19.9. The molecule has 4 rings (SSSR count). The molecule has 30 heavy (non-hydrogen) atoms. The molecule has 0 atom stereocenters. The Morgan fingerprint density at radius 1 is 1.17 bits per heavy atom. The molecule has 0 aliphatic heterocycles. The lowest BCUT2D eigenvalue weighted by molar-refractivity contribution is 0.232. The topological polar surface area (TPSA) is 93.0 Å². The predicted molar refractivity (Wildman–Crippen MR) is 117 cm³/mol. The molecule has 0 radical (unpaired) electrons. The van der Waals surface area contributed by atoms with Crippen molar-refractivity contribution >= 4 is 16.9 Å². The number of aromatic nitrogens is 5. The molecule has 1 N–H and O–H groups in total. The summed E-state index contributed by atoms with van der Waals surface area (Å²) in [7, 11) is 0. The van der Waals surface area contributed by atoms with E-state index < -0.39 is 0 Å². The van der Waals surface area contributed by atoms with Gasteiger partial charge in [-0.05, 0) is 39.3 Å². The van der Waals surface area contributed by atoms with Gasteiger partial charge >= 0.3 is 6.01 Å². The minimum atomic E-state index is 0.0374. The Morgan fingerprint density at radius 2 is 2.03 bits per heavy atom. The Morgan fingerprint density at radius 3 is 2.80 bits per heavy atom. The fourth-order valence-corrected chi connectivity index (χ4v) is 3.35. The van der Waals surface area contributed by atoms with Gasteiger partial charge < -0.3 is 19.0 Å². The molecule has 3 heterocycles. The SMILES string of the molecule is CCCN(CC)c1nnc(-c2c[nH]c3ccc(-c4cncc(OC(C)C)n4)cc23)o1. The number of nitrogens with zero attached hydrogens (tertiary/aromatic N) is 5. The van der Waals surface area contributed by atoms with Crippen LogP contribution in [0.2, 0.25) is 0 Å². The molecule has 0 unspecified atom stereocenters. The molecule has 3 aromatic heterocycles. The monoisotopic (exact) mass is 406 g/mol. The van der Waals surface area contributed by atoms with Crippen molar-refractivity contribution in [2.24, 2.45) is 0 Å². The highest BCUT2D eigenvalue weighted by molar-refractivity contribution is 5.96. The number of anilines is 1. The van der Waals surface area contributed by atoms with E-state index in [0.29, 0.717) is 17.8 Å². The van der Waals surface area contributed by atoms with Crippen molar-refractivity contribution in [1.29, 1.82) is 0 Å². The molecule has 0 saturated heterocycles. The van der Waals surface area contributed by atoms with E-state index in [9.17, 15) is 0 Å². The zero-order valence-electron chi connectivity index (χ0n) is 17.7. The maximum atomic E-state index is 5.99. The van der Waals surface area contributed by atoms with Gasteiger partial charge in [0.15, 0.2) is 0 Å². The van der Waals surface area contributed by atoms with Crippen LogP contribution in [-0.4, -0.2) is 44.3 Å². The molecular weight excluding hydrogens is 380 g/mol. The summed E-state index contributed by atoms with van der Waals surface area (Å²) in [5, 5.41) is 9.51. The maximum absolute atomic E-state index is 5.99. The third kappa shape index (κ3) is 3.98. The van der Waals surface area contributed by atoms with E-state index in [0.717, 1.165) is 47.2 Å². The van der Waals surface area contributed by atoms with Crippen molar-refractivity contribution in [3.05, 3.63) is 36.8 Å². The summed E-state index contributed by atoms with van der Waals surface area (Å²) in [6.07, 6.45) is 6.30. The van der Waals surface area contributed by atoms with Crippen LogP contribution in [0.25, 0.3) is 33.6 Å². The summed E-state index contributed by atoms with van der Waals surface area (Å²) in [5.41, 5.74) is 3.53. The van der Waals surface area contributed by atoms with Gasteiger partial charge in [0.1, 0.15) is 0 Å². The number of hydrogen-bond acceptors (Lipinski definition) is 7. The summed E-state index contributed by atoms with van der Waals surface area (Å²) in [6, 6.07) is 6.62. The van der Waals surface area contributed by atoms with Crippen molar-refractivity contribution in [3.8, 4) is 28.6 Å². The van der Waals surface area contributed by atoms with E-state index in [2.05, 4.69) is 50.0 Å². The largest absolute Gasteiger partial charge is 0.474 e. The molecule has 0 bridgehead atoms. The van der Waals surface area contributed by atoms with Crippen molar-refractivity contribution in [1.82, 2.24) is 25.1 Å². The minimum absolute atomic E-state index is 0.0374. The first-order chi connectivity index (χ1) is 14.6. The lowest BCUT2D eigenvalue weighted by Crippen LogP contribution is -2.23. The second-order valence-corrected chi connectivity index (χ2v) is 7.34. The number of fused-ring (bicyclic) bond motifs is 1. The molecule has 8 heteroatoms. The standard InChI is InChI=1S/C22H26N6O2/c1-5-9-28(6-2)22-27-26-21(30-22)17-11-24-18-8-7-15(10-16(17)18)19-12-23-13-20(25-19)29-14(3)4/h7-8,10-14,24H,5-6,9H2,1-4H3. The van der Waals surface area contributed by atoms with Crippen LogP contribution in [0.15, 0.2) is 41.2 Å². The number of benzene rings is 1. The number of H-pyrrole nitrogens is 1. The summed E-state index contributed by atoms with van der Waals surface area (Å²) < 4.78 is 11.7. The van der Waals surface area contributed by atoms with E-state index in [1.54, 1.807) is 12.4 Å². The van der Waals surface area contributed by atoms with Gasteiger partial charge in [0, 0.05) is 35.8 Å². The van der Waals surface area contributed by atoms with Gasteiger partial charge in [-0.15, -0.1) is 5.10 Å². The van der Waals surface area contributed by atoms with Gasteiger partial charge in [-0.25, -0.2) is 4.98 Å². The number of rotatable bonds is 8. The molecule has 0 fully saturated rings. The lowest BCUT2D eigenvalue weighted by atomic mass is 10.1. The average Bonchev–Trinajstić information content (AvgIpc) is 3.38. The molecule has 4 aromatic rings. The number of ether oxygens (including phenoxy) is 1. The van der Waals surface area contributed by atoms with E-state index in [1.807, 2.05) is 32.2 Å². The highest BCUT2D eigenvalue weighted by atomic mass is 16.5. The second kappa shape index (κ2) is 8.52. The van der Waals surface area contributed by atoms with Gasteiger partial charge in [-0.3, -0.25) is 4.98 Å². The van der Waals surface area contributed by atoms with E-state index >= 15 is 0 Å². The summed E-state index contributed by atoms with van der Waals surface area (Å²) in [4.78, 5) is 14.2. The fourth-order valence-electron chi connectivity index (χ4n) is 3.35. The molecule has 0 aliphatic carbocycles. The highest BCUT2D eigenvalue weighted by Crippen LogP contribution is 2.32. The fraction of sp³-hybridized carbons (Fsp3) is 0.364. The van der Waals surface area contributed by atoms with Gasteiger partial charge in [-0.2, -0.15) is 0 Å². The third-order valence-corrected chi connectivity index (χ3v) is 4.74. The molecule has 0 amide bonds. The first-order valence-electron chi connectivity index (χ1n) is 10.3. The quantitative estimate of drug-likeness (QED) is 0.453. The van der Waals surface area contributed by atoms with Crippen LogP contribution in [-0.2, 0) is 0 Å². The smallest absolute Gasteiger partial charge is 0.318 e. The van der Waals surface area contributed by atoms with Crippen LogP contribution in [0.5, 0.6) is 5.88 Å². The van der Waals surface area contributed by atoms with Crippen LogP contribution in [0.3, 0.4) is 0 Å². The summed E-state index contributed by atoms with van der Waals surface area (Å²) >= 11 is 0. The molecule has 156 valence electrons. The molecule has 0 aliphatic rings. The van der Waals surface area contributed by atoms with Gasteiger partial charge in [0.2, 0.25) is 5.88 Å². The van der Waals surface area contributed by atoms with Crippen LogP contribution in [0.4, 0.5) is 6.01 Å². The molecular formula is C22H26N6O2. The summed E-state index contributed by atoms with van der Waals surface area (Å²) in [5.74, 6) is 1.000. The lowest BCUT2D eigenvalue weighted by Gasteiger charge is -2.15. The van der Waals surface area contributed by atoms with E-state index in [-0.39, 0.29) is 6.10 Å². The molecule has 8 nitrogen and oxygen atoms in total. The van der Waals surface area contributed by atoms with Gasteiger partial charge in [0.25, 0.3) is 5.89 Å². The number of nitrogens with one attached hydrogen (secondary N) is 1. The molecule has 0 spiro atoms. The van der Waals surface area contributed by atoms with Gasteiger partial charge in [-0.1, -0.05) is 18.1 Å². The highest BCUT2D eigenvalue weighted by Gasteiger charge is 2.17. The first-order valence-corrected chi connectivity index (χ1v) is 10.3. The zero-order chi connectivity index (χ0) is 21.1. The van der Waals surface area contributed by atoms with Crippen LogP contribution in [0.1, 0.15) is 34.1 Å². The normalized spacial score (nSPS) is 11.4. The van der Waals surface area contributed by atoms with Crippen molar-refractivity contribution in [3.63, 3.8) is 0 Å². The van der Waals surface area contributed by atoms with E-state index in [4.69, 9.17) is 9.15 Å². The second-order valence-electron chi connectivity index (χ2n) is 7.34. The van der Waals surface area contributed by atoms with Crippen molar-refractivity contribution in [2.75, 3.05) is 18.0 Å². The molecule has 1 aromatic carbocycles. The van der Waals surface area contributed by atoms with Crippen LogP contribution >= 0.6 is 0 Å². The van der Waals surface area contributed by atoms with E-state index in [1.165, 1.54) is 0 Å². The Balaban J connectivity index is 1.70.